The maximum Gasteiger partial charge on any atom is 0.323 e. The molecule has 1 N–H and O–H groups in total. The Morgan fingerprint density at radius 1 is 1.37 bits per heavy atom. The molecule has 0 aromatic carbocycles. The lowest BCUT2D eigenvalue weighted by Gasteiger charge is -2.40. The Kier molecular flexibility index (Phi) is 3.90. The van der Waals surface area contributed by atoms with E-state index in [0.29, 0.717) is 5.92 Å². The summed E-state index contributed by atoms with van der Waals surface area (Å²) in [4.78, 5) is 17.7. The van der Waals surface area contributed by atoms with E-state index in [1.165, 1.54) is 5.56 Å². The van der Waals surface area contributed by atoms with E-state index < -0.39 is 11.5 Å². The molecule has 2 rings (SSSR count). The van der Waals surface area contributed by atoms with Crippen molar-refractivity contribution in [1.29, 1.82) is 0 Å². The lowest BCUT2D eigenvalue weighted by atomic mass is 9.88. The number of piperidine rings is 1. The first kappa shape index (κ1) is 14.0. The fourth-order valence-corrected chi connectivity index (χ4v) is 2.63. The number of aryl methyl sites for hydroxylation is 1. The molecule has 19 heavy (non-hydrogen) atoms. The van der Waals surface area contributed by atoms with Crippen LogP contribution in [0.5, 0.6) is 0 Å². The summed E-state index contributed by atoms with van der Waals surface area (Å²) < 4.78 is 0. The monoisotopic (exact) mass is 262 g/mol. The molecule has 1 aromatic rings. The van der Waals surface area contributed by atoms with Crippen LogP contribution in [0.15, 0.2) is 18.3 Å². The van der Waals surface area contributed by atoms with Crippen molar-refractivity contribution in [3.05, 3.63) is 29.6 Å². The van der Waals surface area contributed by atoms with Crippen LogP contribution in [0.2, 0.25) is 0 Å². The second-order valence-corrected chi connectivity index (χ2v) is 5.86. The van der Waals surface area contributed by atoms with Gasteiger partial charge in [0.05, 0.1) is 0 Å². The molecule has 0 saturated carbocycles. The van der Waals surface area contributed by atoms with Crippen molar-refractivity contribution in [2.24, 2.45) is 0 Å². The van der Waals surface area contributed by atoms with Gasteiger partial charge in [0.25, 0.3) is 0 Å². The van der Waals surface area contributed by atoms with Gasteiger partial charge < -0.3 is 5.11 Å². The molecule has 4 heteroatoms. The van der Waals surface area contributed by atoms with Gasteiger partial charge in [0.2, 0.25) is 0 Å². The van der Waals surface area contributed by atoms with E-state index in [2.05, 4.69) is 16.0 Å². The molecule has 0 atom stereocenters. The van der Waals surface area contributed by atoms with Gasteiger partial charge in [0.1, 0.15) is 5.54 Å². The summed E-state index contributed by atoms with van der Waals surface area (Å²) in [5.41, 5.74) is 1.54. The molecule has 0 unspecified atom stereocenters. The normalized spacial score (nSPS) is 18.5. The second kappa shape index (κ2) is 5.29. The lowest BCUT2D eigenvalue weighted by Crippen LogP contribution is -2.52. The Balaban J connectivity index is 1.99. The molecule has 2 heterocycles. The zero-order valence-electron chi connectivity index (χ0n) is 11.9. The highest BCUT2D eigenvalue weighted by molar-refractivity contribution is 5.77. The van der Waals surface area contributed by atoms with Crippen molar-refractivity contribution in [1.82, 2.24) is 9.88 Å². The Hall–Kier alpha value is -1.42. The molecule has 1 fully saturated rings. The number of carboxylic acid groups (broad SMARTS) is 1. The predicted molar refractivity (Wildman–Crippen MR) is 74.2 cm³/mol. The van der Waals surface area contributed by atoms with Crippen molar-refractivity contribution < 1.29 is 9.90 Å². The van der Waals surface area contributed by atoms with Crippen molar-refractivity contribution >= 4 is 5.97 Å². The Morgan fingerprint density at radius 2 is 2.00 bits per heavy atom. The van der Waals surface area contributed by atoms with Crippen LogP contribution in [0.25, 0.3) is 0 Å². The summed E-state index contributed by atoms with van der Waals surface area (Å²) in [5.74, 6) is -0.239. The van der Waals surface area contributed by atoms with Gasteiger partial charge in [-0.15, -0.1) is 0 Å². The van der Waals surface area contributed by atoms with Crippen LogP contribution in [0, 0.1) is 6.92 Å². The third kappa shape index (κ3) is 2.95. The summed E-state index contributed by atoms with van der Waals surface area (Å²) in [6, 6.07) is 4.19. The Bertz CT molecular complexity index is 446. The van der Waals surface area contributed by atoms with Crippen molar-refractivity contribution in [2.45, 2.75) is 45.1 Å². The average Bonchev–Trinajstić information content (AvgIpc) is 2.39. The van der Waals surface area contributed by atoms with Crippen LogP contribution in [-0.2, 0) is 4.79 Å². The van der Waals surface area contributed by atoms with E-state index in [9.17, 15) is 9.90 Å². The molecular weight excluding hydrogens is 240 g/mol. The van der Waals surface area contributed by atoms with Gasteiger partial charge in [-0.1, -0.05) is 6.07 Å². The van der Waals surface area contributed by atoms with E-state index in [-0.39, 0.29) is 0 Å². The number of rotatable bonds is 3. The van der Waals surface area contributed by atoms with Crippen LogP contribution in [-0.4, -0.2) is 39.6 Å². The van der Waals surface area contributed by atoms with Crippen LogP contribution >= 0.6 is 0 Å². The van der Waals surface area contributed by atoms with Gasteiger partial charge in [0, 0.05) is 11.9 Å². The molecule has 1 saturated heterocycles. The molecule has 1 aromatic heterocycles. The molecule has 1 aliphatic rings. The number of carbonyl (C=O) groups is 1. The van der Waals surface area contributed by atoms with Crippen LogP contribution in [0.1, 0.15) is 43.9 Å². The number of pyridine rings is 1. The van der Waals surface area contributed by atoms with Crippen molar-refractivity contribution in [3.63, 3.8) is 0 Å². The molecular formula is C15H22N2O2. The lowest BCUT2D eigenvalue weighted by molar-refractivity contribution is -0.150. The molecule has 104 valence electrons. The predicted octanol–water partition coefficient (Wildman–Crippen LogP) is 2.43. The van der Waals surface area contributed by atoms with Crippen molar-refractivity contribution in [2.75, 3.05) is 13.1 Å². The van der Waals surface area contributed by atoms with Gasteiger partial charge in [-0.05, 0) is 64.3 Å². The number of aromatic nitrogens is 1. The van der Waals surface area contributed by atoms with E-state index in [4.69, 9.17) is 0 Å². The number of likely N-dealkylation sites (tertiary alicyclic amines) is 1. The summed E-state index contributed by atoms with van der Waals surface area (Å²) in [7, 11) is 0. The number of hydrogen-bond acceptors (Lipinski definition) is 3. The van der Waals surface area contributed by atoms with Gasteiger partial charge in [-0.2, -0.15) is 0 Å². The number of carboxylic acids is 1. The minimum Gasteiger partial charge on any atom is -0.480 e. The highest BCUT2D eigenvalue weighted by Gasteiger charge is 2.36. The number of nitrogens with zero attached hydrogens (tertiary/aromatic N) is 2. The minimum atomic E-state index is -0.767. The average molecular weight is 262 g/mol. The Labute approximate surface area is 114 Å². The minimum absolute atomic E-state index is 0.508. The standard InChI is InChI=1S/C15H22N2O2/c1-11-4-5-13(10-16-11)12-6-8-17(9-7-12)15(2,3)14(18)19/h4-5,10,12H,6-9H2,1-3H3,(H,18,19). The quantitative estimate of drug-likeness (QED) is 0.909. The van der Waals surface area contributed by atoms with Gasteiger partial charge in [0.15, 0.2) is 0 Å². The first-order valence-electron chi connectivity index (χ1n) is 6.82. The van der Waals surface area contributed by atoms with Gasteiger partial charge in [-0.3, -0.25) is 14.7 Å². The molecule has 0 radical (unpaired) electrons. The summed E-state index contributed by atoms with van der Waals surface area (Å²) in [6.07, 6.45) is 3.96. The summed E-state index contributed by atoms with van der Waals surface area (Å²) >= 11 is 0. The van der Waals surface area contributed by atoms with Crippen LogP contribution in [0.3, 0.4) is 0 Å². The maximum absolute atomic E-state index is 11.3. The van der Waals surface area contributed by atoms with E-state index in [1.54, 1.807) is 13.8 Å². The van der Waals surface area contributed by atoms with E-state index in [1.807, 2.05) is 19.2 Å². The van der Waals surface area contributed by atoms with Crippen molar-refractivity contribution in [3.8, 4) is 0 Å². The third-order valence-electron chi connectivity index (χ3n) is 4.21. The topological polar surface area (TPSA) is 53.4 Å². The van der Waals surface area contributed by atoms with Gasteiger partial charge in [-0.25, -0.2) is 0 Å². The molecule has 1 aliphatic heterocycles. The molecule has 0 spiro atoms. The zero-order valence-corrected chi connectivity index (χ0v) is 11.9. The first-order valence-corrected chi connectivity index (χ1v) is 6.82. The summed E-state index contributed by atoms with van der Waals surface area (Å²) in [5, 5.41) is 9.26. The van der Waals surface area contributed by atoms with Crippen LogP contribution < -0.4 is 0 Å². The second-order valence-electron chi connectivity index (χ2n) is 5.86. The Morgan fingerprint density at radius 3 is 2.47 bits per heavy atom. The fraction of sp³-hybridized carbons (Fsp3) is 0.600. The SMILES string of the molecule is Cc1ccc(C2CCN(C(C)(C)C(=O)O)CC2)cn1. The molecule has 0 aliphatic carbocycles. The highest BCUT2D eigenvalue weighted by atomic mass is 16.4. The molecule has 0 amide bonds. The third-order valence-corrected chi connectivity index (χ3v) is 4.21. The summed E-state index contributed by atoms with van der Waals surface area (Å²) in [6.45, 7) is 7.21. The number of aliphatic carboxylic acids is 1. The smallest absolute Gasteiger partial charge is 0.323 e. The maximum atomic E-state index is 11.3. The highest BCUT2D eigenvalue weighted by Crippen LogP contribution is 2.30. The van der Waals surface area contributed by atoms with E-state index in [0.717, 1.165) is 31.6 Å². The largest absolute Gasteiger partial charge is 0.480 e. The fourth-order valence-electron chi connectivity index (χ4n) is 2.63. The van der Waals surface area contributed by atoms with Crippen LogP contribution in [0.4, 0.5) is 0 Å². The van der Waals surface area contributed by atoms with E-state index >= 15 is 0 Å². The zero-order chi connectivity index (χ0) is 14.0. The molecule has 4 nitrogen and oxygen atoms in total. The first-order chi connectivity index (χ1) is 8.91. The van der Waals surface area contributed by atoms with Gasteiger partial charge >= 0.3 is 5.97 Å². The number of hydrogen-bond donors (Lipinski definition) is 1. The molecule has 0 bridgehead atoms.